The minimum absolute atomic E-state index is 0.0501. The van der Waals surface area contributed by atoms with Gasteiger partial charge in [-0.05, 0) is 52.2 Å². The molecular formula is C16H17BrFNO. The molecule has 20 heavy (non-hydrogen) atoms. The molecule has 0 fully saturated rings. The van der Waals surface area contributed by atoms with Crippen molar-refractivity contribution in [2.24, 2.45) is 0 Å². The van der Waals surface area contributed by atoms with Crippen molar-refractivity contribution in [3.63, 3.8) is 0 Å². The zero-order valence-corrected chi connectivity index (χ0v) is 13.1. The van der Waals surface area contributed by atoms with Gasteiger partial charge in [-0.2, -0.15) is 0 Å². The van der Waals surface area contributed by atoms with Gasteiger partial charge in [-0.25, -0.2) is 4.39 Å². The van der Waals surface area contributed by atoms with Crippen LogP contribution >= 0.6 is 15.9 Å². The van der Waals surface area contributed by atoms with Crippen LogP contribution in [0.15, 0.2) is 46.9 Å². The third-order valence-corrected chi connectivity index (χ3v) is 3.87. The Morgan fingerprint density at radius 1 is 1.20 bits per heavy atom. The van der Waals surface area contributed by atoms with E-state index in [0.29, 0.717) is 5.69 Å². The Hall–Kier alpha value is -1.55. The summed E-state index contributed by atoms with van der Waals surface area (Å²) in [5, 5.41) is 3.26. The van der Waals surface area contributed by atoms with E-state index in [2.05, 4.69) is 28.2 Å². The van der Waals surface area contributed by atoms with Gasteiger partial charge in [0.05, 0.1) is 18.8 Å². The highest BCUT2D eigenvalue weighted by Crippen LogP contribution is 2.31. The molecule has 0 spiro atoms. The molecule has 0 saturated heterocycles. The van der Waals surface area contributed by atoms with Crippen LogP contribution in [0.1, 0.15) is 24.9 Å². The number of halogens is 2. The number of nitrogens with one attached hydrogen (secondary N) is 1. The fraction of sp³-hybridized carbons (Fsp3) is 0.250. The SMILES string of the molecule is CCC(Nc1c(F)cccc1Br)c1ccc(OC)cc1. The molecule has 2 rings (SSSR count). The van der Waals surface area contributed by atoms with Crippen LogP contribution in [0.5, 0.6) is 5.75 Å². The molecule has 0 aliphatic heterocycles. The number of ether oxygens (including phenoxy) is 1. The standard InChI is InChI=1S/C16H17BrFNO/c1-3-15(11-7-9-12(20-2)10-8-11)19-16-13(17)5-4-6-14(16)18/h4-10,15,19H,3H2,1-2H3. The van der Waals surface area contributed by atoms with Crippen molar-refractivity contribution < 1.29 is 9.13 Å². The van der Waals surface area contributed by atoms with Crippen molar-refractivity contribution in [1.82, 2.24) is 0 Å². The molecule has 0 aromatic heterocycles. The number of benzene rings is 2. The third kappa shape index (κ3) is 3.31. The van der Waals surface area contributed by atoms with E-state index in [1.165, 1.54) is 6.07 Å². The Bertz CT molecular complexity index is 551. The average Bonchev–Trinajstić information content (AvgIpc) is 2.47. The van der Waals surface area contributed by atoms with Gasteiger partial charge in [-0.1, -0.05) is 25.1 Å². The molecule has 1 atom stereocenters. The smallest absolute Gasteiger partial charge is 0.147 e. The van der Waals surface area contributed by atoms with Gasteiger partial charge in [0.1, 0.15) is 11.6 Å². The maximum Gasteiger partial charge on any atom is 0.147 e. The highest BCUT2D eigenvalue weighted by molar-refractivity contribution is 9.10. The lowest BCUT2D eigenvalue weighted by atomic mass is 10.0. The first kappa shape index (κ1) is 14.9. The van der Waals surface area contributed by atoms with Crippen LogP contribution in [-0.4, -0.2) is 7.11 Å². The molecule has 0 amide bonds. The average molecular weight is 338 g/mol. The minimum atomic E-state index is -0.258. The fourth-order valence-electron chi connectivity index (χ4n) is 2.07. The van der Waals surface area contributed by atoms with Crippen molar-refractivity contribution in [2.45, 2.75) is 19.4 Å². The molecule has 106 valence electrons. The summed E-state index contributed by atoms with van der Waals surface area (Å²) in [6.45, 7) is 2.07. The topological polar surface area (TPSA) is 21.3 Å². The lowest BCUT2D eigenvalue weighted by Gasteiger charge is -2.20. The van der Waals surface area contributed by atoms with E-state index in [-0.39, 0.29) is 11.9 Å². The Morgan fingerprint density at radius 2 is 1.90 bits per heavy atom. The Kier molecular flexibility index (Phi) is 5.01. The second-order valence-electron chi connectivity index (χ2n) is 4.47. The molecule has 2 aromatic rings. The fourth-order valence-corrected chi connectivity index (χ4v) is 2.52. The van der Waals surface area contributed by atoms with Crippen molar-refractivity contribution in [3.8, 4) is 5.75 Å². The second-order valence-corrected chi connectivity index (χ2v) is 5.33. The molecule has 0 heterocycles. The normalized spacial score (nSPS) is 12.0. The van der Waals surface area contributed by atoms with Gasteiger partial charge in [0.25, 0.3) is 0 Å². The number of hydrogen-bond donors (Lipinski definition) is 1. The van der Waals surface area contributed by atoms with E-state index in [1.807, 2.05) is 30.3 Å². The van der Waals surface area contributed by atoms with Gasteiger partial charge in [-0.3, -0.25) is 0 Å². The summed E-state index contributed by atoms with van der Waals surface area (Å²) >= 11 is 3.38. The van der Waals surface area contributed by atoms with Crippen LogP contribution in [0.25, 0.3) is 0 Å². The quantitative estimate of drug-likeness (QED) is 0.813. The van der Waals surface area contributed by atoms with Crippen molar-refractivity contribution in [1.29, 1.82) is 0 Å². The Balaban J connectivity index is 2.24. The molecule has 0 bridgehead atoms. The van der Waals surface area contributed by atoms with E-state index < -0.39 is 0 Å². The molecule has 1 unspecified atom stereocenters. The number of hydrogen-bond acceptors (Lipinski definition) is 2. The maximum atomic E-state index is 13.9. The van der Waals surface area contributed by atoms with Crippen LogP contribution in [-0.2, 0) is 0 Å². The molecular weight excluding hydrogens is 321 g/mol. The maximum absolute atomic E-state index is 13.9. The van der Waals surface area contributed by atoms with E-state index in [0.717, 1.165) is 22.2 Å². The van der Waals surface area contributed by atoms with E-state index in [9.17, 15) is 4.39 Å². The lowest BCUT2D eigenvalue weighted by Crippen LogP contribution is -2.11. The molecule has 2 aromatic carbocycles. The van der Waals surface area contributed by atoms with Gasteiger partial charge in [0.15, 0.2) is 0 Å². The summed E-state index contributed by atoms with van der Waals surface area (Å²) in [7, 11) is 1.64. The highest BCUT2D eigenvalue weighted by Gasteiger charge is 2.13. The summed E-state index contributed by atoms with van der Waals surface area (Å²) in [5.74, 6) is 0.557. The highest BCUT2D eigenvalue weighted by atomic mass is 79.9. The summed E-state index contributed by atoms with van der Waals surface area (Å²) in [6.07, 6.45) is 0.854. The van der Waals surface area contributed by atoms with Crippen LogP contribution in [0, 0.1) is 5.82 Å². The third-order valence-electron chi connectivity index (χ3n) is 3.21. The molecule has 1 N–H and O–H groups in total. The van der Waals surface area contributed by atoms with Gasteiger partial charge in [0.2, 0.25) is 0 Å². The zero-order chi connectivity index (χ0) is 14.5. The summed E-state index contributed by atoms with van der Waals surface area (Å²) in [6, 6.07) is 12.8. The van der Waals surface area contributed by atoms with Crippen LogP contribution in [0.2, 0.25) is 0 Å². The van der Waals surface area contributed by atoms with Crippen LogP contribution < -0.4 is 10.1 Å². The van der Waals surface area contributed by atoms with E-state index >= 15 is 0 Å². The van der Waals surface area contributed by atoms with Crippen molar-refractivity contribution in [2.75, 3.05) is 12.4 Å². The zero-order valence-electron chi connectivity index (χ0n) is 11.5. The monoisotopic (exact) mass is 337 g/mol. The first-order valence-corrected chi connectivity index (χ1v) is 7.29. The summed E-state index contributed by atoms with van der Waals surface area (Å²) in [5.41, 5.74) is 1.60. The molecule has 0 radical (unpaired) electrons. The van der Waals surface area contributed by atoms with Gasteiger partial charge >= 0.3 is 0 Å². The largest absolute Gasteiger partial charge is 0.497 e. The summed E-state index contributed by atoms with van der Waals surface area (Å²) in [4.78, 5) is 0. The molecule has 2 nitrogen and oxygen atoms in total. The molecule has 0 aliphatic carbocycles. The first-order valence-electron chi connectivity index (χ1n) is 6.50. The lowest BCUT2D eigenvalue weighted by molar-refractivity contribution is 0.414. The van der Waals surface area contributed by atoms with Gasteiger partial charge in [0, 0.05) is 4.47 Å². The van der Waals surface area contributed by atoms with Crippen LogP contribution in [0.4, 0.5) is 10.1 Å². The van der Waals surface area contributed by atoms with Gasteiger partial charge < -0.3 is 10.1 Å². The number of rotatable bonds is 5. The Labute approximate surface area is 127 Å². The van der Waals surface area contributed by atoms with Crippen molar-refractivity contribution in [3.05, 3.63) is 58.3 Å². The summed E-state index contributed by atoms with van der Waals surface area (Å²) < 4.78 is 19.7. The van der Waals surface area contributed by atoms with E-state index in [1.54, 1.807) is 13.2 Å². The van der Waals surface area contributed by atoms with Crippen molar-refractivity contribution >= 4 is 21.6 Å². The van der Waals surface area contributed by atoms with Gasteiger partial charge in [-0.15, -0.1) is 0 Å². The molecule has 0 aliphatic rings. The predicted octanol–water partition coefficient (Wildman–Crippen LogP) is 5.16. The predicted molar refractivity (Wildman–Crippen MR) is 83.7 cm³/mol. The number of para-hydroxylation sites is 1. The Morgan fingerprint density at radius 3 is 2.45 bits per heavy atom. The second kappa shape index (κ2) is 6.75. The molecule has 0 saturated carbocycles. The first-order chi connectivity index (χ1) is 9.65. The van der Waals surface area contributed by atoms with Crippen LogP contribution in [0.3, 0.4) is 0 Å². The van der Waals surface area contributed by atoms with E-state index in [4.69, 9.17) is 4.74 Å². The number of anilines is 1. The minimum Gasteiger partial charge on any atom is -0.497 e. The number of methoxy groups -OCH3 is 1. The molecule has 4 heteroatoms.